The molecule has 2 fully saturated rings. The quantitative estimate of drug-likeness (QED) is 0.855. The Hall–Kier alpha value is -0.940. The Kier molecular flexibility index (Phi) is 3.61. The Morgan fingerprint density at radius 1 is 1.39 bits per heavy atom. The molecule has 0 bridgehead atoms. The summed E-state index contributed by atoms with van der Waals surface area (Å²) in [5, 5.41) is 7.37. The van der Waals surface area contributed by atoms with Gasteiger partial charge in [-0.05, 0) is 51.7 Å². The number of aromatic nitrogens is 2. The van der Waals surface area contributed by atoms with Gasteiger partial charge in [-0.2, -0.15) is 4.98 Å². The van der Waals surface area contributed by atoms with Crippen LogP contribution in [0.2, 0.25) is 0 Å². The van der Waals surface area contributed by atoms with E-state index in [-0.39, 0.29) is 0 Å². The molecule has 0 spiro atoms. The van der Waals surface area contributed by atoms with Gasteiger partial charge in [0.15, 0.2) is 5.82 Å². The van der Waals surface area contributed by atoms with Crippen LogP contribution in [0, 0.1) is 5.92 Å². The van der Waals surface area contributed by atoms with E-state index in [1.54, 1.807) is 0 Å². The molecule has 1 aliphatic carbocycles. The molecule has 18 heavy (non-hydrogen) atoms. The molecule has 1 aromatic heterocycles. The van der Waals surface area contributed by atoms with Gasteiger partial charge in [-0.1, -0.05) is 5.16 Å². The second kappa shape index (κ2) is 5.36. The first-order chi connectivity index (χ1) is 8.85. The van der Waals surface area contributed by atoms with E-state index in [1.807, 2.05) is 7.05 Å². The third-order valence-electron chi connectivity index (χ3n) is 3.87. The number of likely N-dealkylation sites (tertiary alicyclic amines) is 1. The molecule has 5 nitrogen and oxygen atoms in total. The zero-order valence-electron chi connectivity index (χ0n) is 11.1. The molecule has 1 unspecified atom stereocenters. The van der Waals surface area contributed by atoms with Crippen molar-refractivity contribution in [1.29, 1.82) is 0 Å². The van der Waals surface area contributed by atoms with Crippen molar-refractivity contribution in [3.8, 4) is 0 Å². The zero-order chi connectivity index (χ0) is 12.4. The van der Waals surface area contributed by atoms with Crippen LogP contribution < -0.4 is 5.32 Å². The molecule has 3 rings (SSSR count). The molecule has 2 aliphatic rings. The molecule has 1 atom stereocenters. The molecule has 0 amide bonds. The van der Waals surface area contributed by atoms with Crippen LogP contribution in [0.4, 0.5) is 0 Å². The minimum absolute atomic E-state index is 0.560. The van der Waals surface area contributed by atoms with Crippen molar-refractivity contribution in [2.24, 2.45) is 5.92 Å². The predicted molar refractivity (Wildman–Crippen MR) is 68.2 cm³/mol. The van der Waals surface area contributed by atoms with Gasteiger partial charge in [-0.3, -0.25) is 4.90 Å². The molecular formula is C13H22N4O. The topological polar surface area (TPSA) is 54.2 Å². The Morgan fingerprint density at radius 3 is 3.06 bits per heavy atom. The summed E-state index contributed by atoms with van der Waals surface area (Å²) in [5.41, 5.74) is 0. The molecule has 2 heterocycles. The number of hydrogen-bond acceptors (Lipinski definition) is 5. The lowest BCUT2D eigenvalue weighted by Crippen LogP contribution is -2.38. The summed E-state index contributed by atoms with van der Waals surface area (Å²) in [4.78, 5) is 6.95. The van der Waals surface area contributed by atoms with Crippen molar-refractivity contribution in [1.82, 2.24) is 20.4 Å². The summed E-state index contributed by atoms with van der Waals surface area (Å²) in [6.07, 6.45) is 5.04. The molecule has 5 heteroatoms. The Labute approximate surface area is 108 Å². The predicted octanol–water partition coefficient (Wildman–Crippen LogP) is 1.38. The van der Waals surface area contributed by atoms with E-state index < -0.39 is 0 Å². The average molecular weight is 250 g/mol. The average Bonchev–Trinajstić information content (AvgIpc) is 3.12. The van der Waals surface area contributed by atoms with Crippen LogP contribution in [-0.4, -0.2) is 41.7 Å². The molecule has 1 aromatic rings. The zero-order valence-corrected chi connectivity index (χ0v) is 11.1. The summed E-state index contributed by atoms with van der Waals surface area (Å²) in [6, 6.07) is 0. The number of rotatable bonds is 5. The fourth-order valence-electron chi connectivity index (χ4n) is 2.78. The molecule has 1 saturated heterocycles. The first kappa shape index (κ1) is 12.1. The lowest BCUT2D eigenvalue weighted by Gasteiger charge is -2.31. The molecule has 1 aliphatic heterocycles. The molecule has 1 N–H and O–H groups in total. The fraction of sp³-hybridized carbons (Fsp3) is 0.846. The van der Waals surface area contributed by atoms with Gasteiger partial charge < -0.3 is 9.84 Å². The van der Waals surface area contributed by atoms with Gasteiger partial charge in [-0.15, -0.1) is 0 Å². The van der Waals surface area contributed by atoms with E-state index in [9.17, 15) is 0 Å². The lowest BCUT2D eigenvalue weighted by atomic mass is 9.98. The van der Waals surface area contributed by atoms with Crippen LogP contribution in [0.5, 0.6) is 0 Å². The van der Waals surface area contributed by atoms with Crippen molar-refractivity contribution < 1.29 is 4.52 Å². The van der Waals surface area contributed by atoms with E-state index in [4.69, 9.17) is 4.52 Å². The highest BCUT2D eigenvalue weighted by molar-refractivity contribution is 5.01. The Balaban J connectivity index is 1.54. The van der Waals surface area contributed by atoms with Crippen molar-refractivity contribution in [3.63, 3.8) is 0 Å². The second-order valence-corrected chi connectivity index (χ2v) is 5.62. The van der Waals surface area contributed by atoms with Gasteiger partial charge in [0.05, 0.1) is 6.54 Å². The van der Waals surface area contributed by atoms with Gasteiger partial charge in [-0.25, -0.2) is 0 Å². The number of nitrogens with one attached hydrogen (secondary N) is 1. The van der Waals surface area contributed by atoms with Crippen molar-refractivity contribution in [2.45, 2.75) is 38.1 Å². The monoisotopic (exact) mass is 250 g/mol. The highest BCUT2D eigenvalue weighted by Crippen LogP contribution is 2.38. The largest absolute Gasteiger partial charge is 0.339 e. The van der Waals surface area contributed by atoms with Gasteiger partial charge in [0.25, 0.3) is 0 Å². The third-order valence-corrected chi connectivity index (χ3v) is 3.87. The van der Waals surface area contributed by atoms with Crippen LogP contribution in [-0.2, 0) is 6.54 Å². The molecule has 0 radical (unpaired) electrons. The van der Waals surface area contributed by atoms with Gasteiger partial charge in [0.2, 0.25) is 5.89 Å². The first-order valence-corrected chi connectivity index (χ1v) is 7.04. The maximum atomic E-state index is 5.30. The van der Waals surface area contributed by atoms with Crippen molar-refractivity contribution in [3.05, 3.63) is 11.7 Å². The number of nitrogens with zero attached hydrogens (tertiary/aromatic N) is 3. The second-order valence-electron chi connectivity index (χ2n) is 5.62. The maximum Gasteiger partial charge on any atom is 0.229 e. The van der Waals surface area contributed by atoms with E-state index in [0.717, 1.165) is 43.8 Å². The van der Waals surface area contributed by atoms with Crippen LogP contribution in [0.1, 0.15) is 43.3 Å². The number of piperidine rings is 1. The number of hydrogen-bond donors (Lipinski definition) is 1. The normalized spacial score (nSPS) is 25.5. The highest BCUT2D eigenvalue weighted by atomic mass is 16.5. The van der Waals surface area contributed by atoms with Crippen LogP contribution in [0.3, 0.4) is 0 Å². The molecular weight excluding hydrogens is 228 g/mol. The van der Waals surface area contributed by atoms with E-state index >= 15 is 0 Å². The Bertz CT molecular complexity index is 386. The molecule has 0 aromatic carbocycles. The third kappa shape index (κ3) is 2.90. The summed E-state index contributed by atoms with van der Waals surface area (Å²) in [5.74, 6) is 3.04. The fourth-order valence-corrected chi connectivity index (χ4v) is 2.78. The maximum absolute atomic E-state index is 5.30. The minimum atomic E-state index is 0.560. The van der Waals surface area contributed by atoms with Crippen molar-refractivity contribution in [2.75, 3.05) is 26.7 Å². The van der Waals surface area contributed by atoms with E-state index in [2.05, 4.69) is 20.4 Å². The summed E-state index contributed by atoms with van der Waals surface area (Å²) < 4.78 is 5.30. The Morgan fingerprint density at radius 2 is 2.28 bits per heavy atom. The summed E-state index contributed by atoms with van der Waals surface area (Å²) in [6.45, 7) is 4.26. The van der Waals surface area contributed by atoms with Crippen LogP contribution in [0.15, 0.2) is 4.52 Å². The molecule has 1 saturated carbocycles. The summed E-state index contributed by atoms with van der Waals surface area (Å²) in [7, 11) is 2.03. The first-order valence-electron chi connectivity index (χ1n) is 7.04. The highest BCUT2D eigenvalue weighted by Gasteiger charge is 2.30. The van der Waals surface area contributed by atoms with Gasteiger partial charge in [0.1, 0.15) is 0 Å². The smallest absolute Gasteiger partial charge is 0.229 e. The van der Waals surface area contributed by atoms with E-state index in [0.29, 0.717) is 5.92 Å². The van der Waals surface area contributed by atoms with Gasteiger partial charge >= 0.3 is 0 Å². The van der Waals surface area contributed by atoms with E-state index in [1.165, 1.54) is 25.7 Å². The van der Waals surface area contributed by atoms with Crippen molar-refractivity contribution >= 4 is 0 Å². The molecule has 100 valence electrons. The summed E-state index contributed by atoms with van der Waals surface area (Å²) >= 11 is 0. The van der Waals surface area contributed by atoms with Gasteiger partial charge in [0, 0.05) is 12.5 Å². The standard InChI is InChI=1S/C13H22N4O/c1-14-7-10-3-2-6-17(8-10)9-12-15-13(18-16-12)11-4-5-11/h10-11,14H,2-9H2,1H3. The minimum Gasteiger partial charge on any atom is -0.339 e. The SMILES string of the molecule is CNCC1CCCN(Cc2noc(C3CC3)n2)C1. The lowest BCUT2D eigenvalue weighted by molar-refractivity contribution is 0.162. The van der Waals surface area contributed by atoms with Crippen LogP contribution in [0.25, 0.3) is 0 Å². The van der Waals surface area contributed by atoms with Crippen LogP contribution >= 0.6 is 0 Å².